The van der Waals surface area contributed by atoms with Crippen molar-refractivity contribution in [1.29, 1.82) is 0 Å². The Morgan fingerprint density at radius 3 is 2.50 bits per heavy atom. The van der Waals surface area contributed by atoms with Crippen LogP contribution in [0.15, 0.2) is 0 Å². The van der Waals surface area contributed by atoms with E-state index in [1.165, 1.54) is 0 Å². The Bertz CT molecular complexity index is 196. The number of hydrogen-bond acceptors (Lipinski definition) is 3. The number of amides is 3. The lowest BCUT2D eigenvalue weighted by Gasteiger charge is -2.09. The number of nitrogens with two attached hydrogens (primary N) is 2. The lowest BCUT2D eigenvalue weighted by atomic mass is 10.1. The second kappa shape index (κ2) is 7.14. The van der Waals surface area contributed by atoms with Gasteiger partial charge in [-0.05, 0) is 19.3 Å². The molecule has 0 heterocycles. The van der Waals surface area contributed by atoms with Crippen LogP contribution in [0, 0.1) is 0 Å². The van der Waals surface area contributed by atoms with Gasteiger partial charge in [0.1, 0.15) is 0 Å². The molecule has 1 atom stereocenters. The zero-order chi connectivity index (χ0) is 11.0. The van der Waals surface area contributed by atoms with Crippen LogP contribution in [-0.2, 0) is 4.79 Å². The van der Waals surface area contributed by atoms with E-state index < -0.39 is 12.1 Å². The average Bonchev–Trinajstić information content (AvgIpc) is 2.15. The average molecular weight is 202 g/mol. The molecule has 14 heavy (non-hydrogen) atoms. The van der Waals surface area contributed by atoms with Gasteiger partial charge in [-0.15, -0.1) is 0 Å². The molecule has 82 valence electrons. The lowest BCUT2D eigenvalue weighted by molar-refractivity contribution is -0.122. The molecular formula is C8H18N4O2. The van der Waals surface area contributed by atoms with Gasteiger partial charge in [-0.2, -0.15) is 0 Å². The molecule has 3 amide bonds. The number of hydrogen-bond donors (Lipinski definition) is 4. The van der Waals surface area contributed by atoms with Gasteiger partial charge in [-0.3, -0.25) is 4.79 Å². The zero-order valence-electron chi connectivity index (χ0n) is 8.38. The van der Waals surface area contributed by atoms with Crippen molar-refractivity contribution in [3.8, 4) is 0 Å². The summed E-state index contributed by atoms with van der Waals surface area (Å²) in [6.07, 6.45) is 2.17. The smallest absolute Gasteiger partial charge is 0.312 e. The minimum atomic E-state index is -0.527. The van der Waals surface area contributed by atoms with Gasteiger partial charge < -0.3 is 22.1 Å². The predicted molar refractivity (Wildman–Crippen MR) is 53.5 cm³/mol. The van der Waals surface area contributed by atoms with E-state index in [4.69, 9.17) is 11.5 Å². The lowest BCUT2D eigenvalue weighted by Crippen LogP contribution is -2.38. The first-order chi connectivity index (χ1) is 6.57. The van der Waals surface area contributed by atoms with Crippen LogP contribution < -0.4 is 22.1 Å². The molecule has 6 heteroatoms. The third-order valence-corrected chi connectivity index (χ3v) is 1.82. The van der Waals surface area contributed by atoms with Crippen LogP contribution in [0.1, 0.15) is 19.3 Å². The first kappa shape index (κ1) is 12.7. The van der Waals surface area contributed by atoms with E-state index >= 15 is 0 Å². The van der Waals surface area contributed by atoms with Crippen molar-refractivity contribution in [2.45, 2.75) is 25.3 Å². The maximum atomic E-state index is 11.0. The van der Waals surface area contributed by atoms with Gasteiger partial charge >= 0.3 is 6.03 Å². The molecule has 0 aromatic heterocycles. The highest BCUT2D eigenvalue weighted by molar-refractivity contribution is 5.81. The van der Waals surface area contributed by atoms with Crippen LogP contribution in [0.3, 0.4) is 0 Å². The largest absolute Gasteiger partial charge is 0.358 e. The summed E-state index contributed by atoms with van der Waals surface area (Å²) in [5, 5.41) is 4.93. The summed E-state index contributed by atoms with van der Waals surface area (Å²) in [5.41, 5.74) is 10.4. The van der Waals surface area contributed by atoms with Gasteiger partial charge in [0, 0.05) is 13.6 Å². The van der Waals surface area contributed by atoms with Gasteiger partial charge in [0.25, 0.3) is 0 Å². The Balaban J connectivity index is 3.36. The number of rotatable bonds is 6. The van der Waals surface area contributed by atoms with Crippen LogP contribution in [0.25, 0.3) is 0 Å². The van der Waals surface area contributed by atoms with E-state index in [1.807, 2.05) is 0 Å². The highest BCUT2D eigenvalue weighted by Gasteiger charge is 2.09. The molecule has 0 aliphatic carbocycles. The summed E-state index contributed by atoms with van der Waals surface area (Å²) in [5.74, 6) is -0.159. The van der Waals surface area contributed by atoms with Crippen molar-refractivity contribution in [2.75, 3.05) is 13.6 Å². The Kier molecular flexibility index (Phi) is 6.47. The molecule has 0 saturated carbocycles. The van der Waals surface area contributed by atoms with Crippen molar-refractivity contribution >= 4 is 11.9 Å². The molecule has 0 rings (SSSR count). The summed E-state index contributed by atoms with van der Waals surface area (Å²) in [7, 11) is 1.55. The van der Waals surface area contributed by atoms with E-state index in [0.717, 1.165) is 12.8 Å². The number of urea groups is 1. The van der Waals surface area contributed by atoms with Gasteiger partial charge in [-0.25, -0.2) is 4.79 Å². The van der Waals surface area contributed by atoms with Crippen molar-refractivity contribution in [2.24, 2.45) is 11.5 Å². The van der Waals surface area contributed by atoms with Crippen molar-refractivity contribution in [3.63, 3.8) is 0 Å². The fraction of sp³-hybridized carbons (Fsp3) is 0.750. The number of carbonyl (C=O) groups excluding carboxylic acids is 2. The molecule has 0 aromatic carbocycles. The summed E-state index contributed by atoms with van der Waals surface area (Å²) >= 11 is 0. The molecule has 6 N–H and O–H groups in total. The summed E-state index contributed by atoms with van der Waals surface area (Å²) < 4.78 is 0. The number of nitrogens with one attached hydrogen (secondary N) is 2. The SMILES string of the molecule is CNC(=O)C(N)CCCCNC(N)=O. The molecule has 0 spiro atoms. The molecule has 0 aromatic rings. The fourth-order valence-corrected chi connectivity index (χ4v) is 1.02. The minimum Gasteiger partial charge on any atom is -0.358 e. The summed E-state index contributed by atoms with van der Waals surface area (Å²) in [6, 6.07) is -0.992. The Labute approximate surface area is 83.4 Å². The van der Waals surface area contributed by atoms with E-state index in [9.17, 15) is 9.59 Å². The van der Waals surface area contributed by atoms with E-state index in [0.29, 0.717) is 13.0 Å². The third kappa shape index (κ3) is 6.24. The molecular weight excluding hydrogens is 184 g/mol. The molecule has 0 saturated heterocycles. The first-order valence-corrected chi connectivity index (χ1v) is 4.58. The molecule has 0 bridgehead atoms. The Morgan fingerprint density at radius 2 is 2.00 bits per heavy atom. The maximum Gasteiger partial charge on any atom is 0.312 e. The Hall–Kier alpha value is -1.30. The van der Waals surface area contributed by atoms with Gasteiger partial charge in [0.2, 0.25) is 5.91 Å². The number of unbranched alkanes of at least 4 members (excludes halogenated alkanes) is 1. The monoisotopic (exact) mass is 202 g/mol. The highest BCUT2D eigenvalue weighted by atomic mass is 16.2. The van der Waals surface area contributed by atoms with Crippen LogP contribution in [-0.4, -0.2) is 31.6 Å². The van der Waals surface area contributed by atoms with Crippen LogP contribution >= 0.6 is 0 Å². The first-order valence-electron chi connectivity index (χ1n) is 4.58. The minimum absolute atomic E-state index is 0.159. The van der Waals surface area contributed by atoms with Gasteiger partial charge in [-0.1, -0.05) is 0 Å². The molecule has 0 aliphatic rings. The van der Waals surface area contributed by atoms with E-state index in [1.54, 1.807) is 7.05 Å². The molecule has 6 nitrogen and oxygen atoms in total. The highest BCUT2D eigenvalue weighted by Crippen LogP contribution is 1.97. The number of primary amides is 1. The normalized spacial score (nSPS) is 11.9. The quantitative estimate of drug-likeness (QED) is 0.410. The second-order valence-electron chi connectivity index (χ2n) is 3.01. The van der Waals surface area contributed by atoms with Crippen molar-refractivity contribution in [3.05, 3.63) is 0 Å². The fourth-order valence-electron chi connectivity index (χ4n) is 1.02. The van der Waals surface area contributed by atoms with Gasteiger partial charge in [0.05, 0.1) is 6.04 Å². The van der Waals surface area contributed by atoms with Crippen LogP contribution in [0.5, 0.6) is 0 Å². The topological polar surface area (TPSA) is 110 Å². The van der Waals surface area contributed by atoms with Crippen LogP contribution in [0.4, 0.5) is 4.79 Å². The molecule has 1 unspecified atom stereocenters. The van der Waals surface area contributed by atoms with E-state index in [2.05, 4.69) is 10.6 Å². The molecule has 0 aliphatic heterocycles. The Morgan fingerprint density at radius 1 is 1.36 bits per heavy atom. The zero-order valence-corrected chi connectivity index (χ0v) is 8.38. The maximum absolute atomic E-state index is 11.0. The predicted octanol–water partition coefficient (Wildman–Crippen LogP) is -1.10. The summed E-state index contributed by atoms with van der Waals surface area (Å²) in [6.45, 7) is 0.524. The van der Waals surface area contributed by atoms with Gasteiger partial charge in [0.15, 0.2) is 0 Å². The van der Waals surface area contributed by atoms with E-state index in [-0.39, 0.29) is 5.91 Å². The van der Waals surface area contributed by atoms with Crippen molar-refractivity contribution in [1.82, 2.24) is 10.6 Å². The second-order valence-corrected chi connectivity index (χ2v) is 3.01. The summed E-state index contributed by atoms with van der Waals surface area (Å²) in [4.78, 5) is 21.2. The third-order valence-electron chi connectivity index (χ3n) is 1.82. The number of likely N-dealkylation sites (N-methyl/N-ethyl adjacent to an activating group) is 1. The van der Waals surface area contributed by atoms with Crippen LogP contribution in [0.2, 0.25) is 0 Å². The molecule has 0 radical (unpaired) electrons. The molecule has 0 fully saturated rings. The van der Waals surface area contributed by atoms with Crippen molar-refractivity contribution < 1.29 is 9.59 Å². The number of carbonyl (C=O) groups is 2. The standard InChI is InChI=1S/C8H18N4O2/c1-11-7(13)6(9)4-2-3-5-12-8(10)14/h6H,2-5,9H2,1H3,(H,11,13)(H3,10,12,14).